The van der Waals surface area contributed by atoms with E-state index in [0.717, 1.165) is 12.8 Å². The number of hydrogen-bond donors (Lipinski definition) is 2. The number of carbonyl (C=O) groups is 2. The topological polar surface area (TPSA) is 58.2 Å². The molecule has 1 heterocycles. The average Bonchev–Trinajstić information content (AvgIpc) is 3.02. The van der Waals surface area contributed by atoms with Crippen molar-refractivity contribution in [2.45, 2.75) is 44.4 Å². The summed E-state index contributed by atoms with van der Waals surface area (Å²) in [6.07, 6.45) is 2.11. The summed E-state index contributed by atoms with van der Waals surface area (Å²) in [5.74, 6) is 0.241. The van der Waals surface area contributed by atoms with Gasteiger partial charge in [-0.2, -0.15) is 0 Å². The first-order valence-corrected chi connectivity index (χ1v) is 8.54. The molecular weight excluding hydrogens is 292 g/mol. The van der Waals surface area contributed by atoms with Gasteiger partial charge in [-0.1, -0.05) is 20.8 Å². The maximum absolute atomic E-state index is 12.0. The van der Waals surface area contributed by atoms with E-state index in [0.29, 0.717) is 22.4 Å². The second-order valence-electron chi connectivity index (χ2n) is 5.86. The van der Waals surface area contributed by atoms with Gasteiger partial charge in [-0.25, -0.2) is 0 Å². The SMILES string of the molecule is CC(C)(C)SCC(=O)Nc1sccc1C(=O)NC1CC1. The minimum Gasteiger partial charge on any atom is -0.349 e. The third kappa shape index (κ3) is 4.83. The Bertz CT molecular complexity index is 502. The van der Waals surface area contributed by atoms with Crippen LogP contribution in [0.25, 0.3) is 0 Å². The number of thioether (sulfide) groups is 1. The van der Waals surface area contributed by atoms with Crippen molar-refractivity contribution in [3.05, 3.63) is 17.0 Å². The Labute approximate surface area is 127 Å². The Hall–Kier alpha value is -1.01. The van der Waals surface area contributed by atoms with Gasteiger partial charge in [0.2, 0.25) is 5.91 Å². The Morgan fingerprint density at radius 1 is 1.40 bits per heavy atom. The Balaban J connectivity index is 1.90. The lowest BCUT2D eigenvalue weighted by atomic mass is 10.3. The molecule has 0 unspecified atom stereocenters. The quantitative estimate of drug-likeness (QED) is 0.878. The lowest BCUT2D eigenvalue weighted by Gasteiger charge is -2.16. The molecule has 0 saturated heterocycles. The molecule has 6 heteroatoms. The molecule has 4 nitrogen and oxygen atoms in total. The van der Waals surface area contributed by atoms with Crippen LogP contribution in [-0.4, -0.2) is 28.4 Å². The first-order chi connectivity index (χ1) is 9.35. The number of carbonyl (C=O) groups excluding carboxylic acids is 2. The highest BCUT2D eigenvalue weighted by Crippen LogP contribution is 2.27. The van der Waals surface area contributed by atoms with Gasteiger partial charge in [-0.3, -0.25) is 9.59 Å². The summed E-state index contributed by atoms with van der Waals surface area (Å²) in [6.45, 7) is 6.22. The molecule has 0 aromatic carbocycles. The molecule has 2 amide bonds. The number of anilines is 1. The van der Waals surface area contributed by atoms with Crippen LogP contribution in [-0.2, 0) is 4.79 Å². The number of hydrogen-bond acceptors (Lipinski definition) is 4. The molecule has 0 aliphatic heterocycles. The first kappa shape index (κ1) is 15.4. The van der Waals surface area contributed by atoms with Crippen LogP contribution >= 0.6 is 23.1 Å². The normalized spacial score (nSPS) is 14.9. The van der Waals surface area contributed by atoms with Crippen molar-refractivity contribution < 1.29 is 9.59 Å². The van der Waals surface area contributed by atoms with Crippen LogP contribution in [0.15, 0.2) is 11.4 Å². The van der Waals surface area contributed by atoms with Gasteiger partial charge in [-0.15, -0.1) is 23.1 Å². The van der Waals surface area contributed by atoms with E-state index >= 15 is 0 Å². The summed E-state index contributed by atoms with van der Waals surface area (Å²) in [4.78, 5) is 23.9. The van der Waals surface area contributed by atoms with Crippen molar-refractivity contribution in [2.24, 2.45) is 0 Å². The van der Waals surface area contributed by atoms with Gasteiger partial charge in [0.25, 0.3) is 5.91 Å². The molecule has 1 saturated carbocycles. The summed E-state index contributed by atoms with van der Waals surface area (Å²) >= 11 is 2.98. The molecule has 2 rings (SSSR count). The Morgan fingerprint density at radius 2 is 2.10 bits per heavy atom. The molecule has 1 aromatic heterocycles. The fraction of sp³-hybridized carbons (Fsp3) is 0.571. The van der Waals surface area contributed by atoms with E-state index in [1.807, 2.05) is 5.38 Å². The zero-order valence-electron chi connectivity index (χ0n) is 12.0. The second-order valence-corrected chi connectivity index (χ2v) is 8.58. The van der Waals surface area contributed by atoms with Gasteiger partial charge in [0.05, 0.1) is 11.3 Å². The van der Waals surface area contributed by atoms with Crippen LogP contribution in [0, 0.1) is 0 Å². The molecule has 1 aliphatic rings. The summed E-state index contributed by atoms with van der Waals surface area (Å²) in [6, 6.07) is 2.08. The van der Waals surface area contributed by atoms with Crippen molar-refractivity contribution in [3.8, 4) is 0 Å². The van der Waals surface area contributed by atoms with Crippen molar-refractivity contribution >= 4 is 39.9 Å². The third-order valence-corrected chi connectivity index (χ3v) is 4.81. The number of thiophene rings is 1. The molecule has 2 N–H and O–H groups in total. The van der Waals surface area contributed by atoms with E-state index in [1.54, 1.807) is 17.8 Å². The zero-order chi connectivity index (χ0) is 14.8. The molecule has 1 fully saturated rings. The molecular formula is C14H20N2O2S2. The predicted molar refractivity (Wildman–Crippen MR) is 85.6 cm³/mol. The largest absolute Gasteiger partial charge is 0.349 e. The summed E-state index contributed by atoms with van der Waals surface area (Å²) in [5.41, 5.74) is 0.566. The first-order valence-electron chi connectivity index (χ1n) is 6.67. The lowest BCUT2D eigenvalue weighted by molar-refractivity contribution is -0.113. The number of rotatable bonds is 5. The van der Waals surface area contributed by atoms with Crippen LogP contribution in [0.5, 0.6) is 0 Å². The van der Waals surface area contributed by atoms with Crippen LogP contribution in [0.2, 0.25) is 0 Å². The molecule has 0 radical (unpaired) electrons. The van der Waals surface area contributed by atoms with Gasteiger partial charge in [0.15, 0.2) is 0 Å². The fourth-order valence-corrected chi connectivity index (χ4v) is 2.96. The average molecular weight is 312 g/mol. The van der Waals surface area contributed by atoms with Gasteiger partial charge in [0, 0.05) is 10.8 Å². The van der Waals surface area contributed by atoms with Crippen LogP contribution in [0.4, 0.5) is 5.00 Å². The highest BCUT2D eigenvalue weighted by molar-refractivity contribution is 8.01. The molecule has 20 heavy (non-hydrogen) atoms. The lowest BCUT2D eigenvalue weighted by Crippen LogP contribution is -2.26. The highest BCUT2D eigenvalue weighted by atomic mass is 32.2. The van der Waals surface area contributed by atoms with E-state index < -0.39 is 0 Å². The minimum absolute atomic E-state index is 0.0545. The smallest absolute Gasteiger partial charge is 0.254 e. The Kier molecular flexibility index (Phi) is 4.75. The van der Waals surface area contributed by atoms with Crippen molar-refractivity contribution in [2.75, 3.05) is 11.1 Å². The van der Waals surface area contributed by atoms with E-state index in [-0.39, 0.29) is 16.6 Å². The molecule has 0 bridgehead atoms. The highest BCUT2D eigenvalue weighted by Gasteiger charge is 2.25. The van der Waals surface area contributed by atoms with Crippen molar-refractivity contribution in [1.82, 2.24) is 5.32 Å². The monoisotopic (exact) mass is 312 g/mol. The molecule has 0 atom stereocenters. The third-order valence-electron chi connectivity index (χ3n) is 2.71. The van der Waals surface area contributed by atoms with Gasteiger partial charge < -0.3 is 10.6 Å². The van der Waals surface area contributed by atoms with Gasteiger partial charge in [0.1, 0.15) is 5.00 Å². The Morgan fingerprint density at radius 3 is 2.70 bits per heavy atom. The maximum Gasteiger partial charge on any atom is 0.254 e. The summed E-state index contributed by atoms with van der Waals surface area (Å²) < 4.78 is 0.0545. The van der Waals surface area contributed by atoms with E-state index in [4.69, 9.17) is 0 Å². The minimum atomic E-state index is -0.0903. The van der Waals surface area contributed by atoms with Crippen LogP contribution < -0.4 is 10.6 Å². The molecule has 1 aromatic rings. The van der Waals surface area contributed by atoms with E-state index in [9.17, 15) is 9.59 Å². The standard InChI is InChI=1S/C14H20N2O2S2/c1-14(2,3)20-8-11(17)16-13-10(6-7-19-13)12(18)15-9-4-5-9/h6-7,9H,4-5,8H2,1-3H3,(H,15,18)(H,16,17). The number of nitrogens with one attached hydrogen (secondary N) is 2. The fourth-order valence-electron chi connectivity index (χ4n) is 1.52. The maximum atomic E-state index is 12.0. The van der Waals surface area contributed by atoms with Gasteiger partial charge in [-0.05, 0) is 24.3 Å². The van der Waals surface area contributed by atoms with Crippen molar-refractivity contribution in [3.63, 3.8) is 0 Å². The van der Waals surface area contributed by atoms with Gasteiger partial charge >= 0.3 is 0 Å². The molecule has 0 spiro atoms. The molecule has 1 aliphatic carbocycles. The predicted octanol–water partition coefficient (Wildman–Crippen LogP) is 3.11. The second kappa shape index (κ2) is 6.18. The summed E-state index contributed by atoms with van der Waals surface area (Å²) in [7, 11) is 0. The number of amides is 2. The zero-order valence-corrected chi connectivity index (χ0v) is 13.6. The molecule has 110 valence electrons. The van der Waals surface area contributed by atoms with Crippen LogP contribution in [0.3, 0.4) is 0 Å². The van der Waals surface area contributed by atoms with E-state index in [1.165, 1.54) is 11.3 Å². The van der Waals surface area contributed by atoms with Crippen molar-refractivity contribution in [1.29, 1.82) is 0 Å². The van der Waals surface area contributed by atoms with Crippen LogP contribution in [0.1, 0.15) is 44.0 Å². The van der Waals surface area contributed by atoms with E-state index in [2.05, 4.69) is 31.4 Å². The summed E-state index contributed by atoms with van der Waals surface area (Å²) in [5, 5.41) is 8.24.